The van der Waals surface area contributed by atoms with Gasteiger partial charge in [-0.25, -0.2) is 9.67 Å². The molecule has 0 bridgehead atoms. The highest BCUT2D eigenvalue weighted by Gasteiger charge is 2.09. The number of hydrogen-bond donors (Lipinski definition) is 1. The van der Waals surface area contributed by atoms with E-state index in [1.165, 1.54) is 0 Å². The zero-order valence-corrected chi connectivity index (χ0v) is 12.3. The van der Waals surface area contributed by atoms with E-state index in [4.69, 9.17) is 0 Å². The molecule has 1 N–H and O–H groups in total. The summed E-state index contributed by atoms with van der Waals surface area (Å²) >= 11 is 3.20. The lowest BCUT2D eigenvalue weighted by Crippen LogP contribution is -2.11. The number of aromatic amines is 1. The van der Waals surface area contributed by atoms with Crippen molar-refractivity contribution in [2.24, 2.45) is 0 Å². The number of halogens is 1. The number of aromatic nitrogens is 4. The fourth-order valence-electron chi connectivity index (χ4n) is 1.88. The third-order valence-corrected chi connectivity index (χ3v) is 3.84. The molecule has 0 unspecified atom stereocenters. The van der Waals surface area contributed by atoms with Gasteiger partial charge in [-0.05, 0) is 35.0 Å². The quantitative estimate of drug-likeness (QED) is 0.785. The molecule has 0 radical (unpaired) electrons. The molecule has 1 aromatic carbocycles. The molecule has 0 aliphatic carbocycles. The molecule has 0 aliphatic rings. The SMILES string of the molecule is Cc1nc(-c2cnn(-c3ccccc3)c2)[nH]c(=O)c1Br. The Balaban J connectivity index is 2.05. The van der Waals surface area contributed by atoms with Crippen LogP contribution in [0.5, 0.6) is 0 Å². The van der Waals surface area contributed by atoms with E-state index in [0.717, 1.165) is 11.3 Å². The van der Waals surface area contributed by atoms with E-state index in [1.54, 1.807) is 17.8 Å². The van der Waals surface area contributed by atoms with Crippen LogP contribution in [0.4, 0.5) is 0 Å². The maximum absolute atomic E-state index is 11.7. The molecule has 2 aromatic heterocycles. The minimum atomic E-state index is -0.194. The molecule has 0 aliphatic heterocycles. The van der Waals surface area contributed by atoms with Gasteiger partial charge < -0.3 is 4.98 Å². The van der Waals surface area contributed by atoms with Crippen LogP contribution < -0.4 is 5.56 Å². The third kappa shape index (κ3) is 2.30. The second kappa shape index (κ2) is 5.05. The first-order chi connectivity index (χ1) is 9.65. The highest BCUT2D eigenvalue weighted by Crippen LogP contribution is 2.17. The van der Waals surface area contributed by atoms with Gasteiger partial charge in [-0.15, -0.1) is 0 Å². The zero-order chi connectivity index (χ0) is 14.1. The van der Waals surface area contributed by atoms with E-state index in [0.29, 0.717) is 16.0 Å². The molecule has 0 saturated carbocycles. The lowest BCUT2D eigenvalue weighted by molar-refractivity contribution is 0.880. The molecule has 0 spiro atoms. The highest BCUT2D eigenvalue weighted by atomic mass is 79.9. The summed E-state index contributed by atoms with van der Waals surface area (Å²) in [4.78, 5) is 18.8. The molecule has 0 amide bonds. The maximum Gasteiger partial charge on any atom is 0.265 e. The number of para-hydroxylation sites is 1. The van der Waals surface area contributed by atoms with E-state index < -0.39 is 0 Å². The second-order valence-electron chi connectivity index (χ2n) is 4.32. The average molecular weight is 331 g/mol. The molecule has 0 fully saturated rings. The topological polar surface area (TPSA) is 63.6 Å². The summed E-state index contributed by atoms with van der Waals surface area (Å²) in [6.45, 7) is 1.78. The molecule has 100 valence electrons. The van der Waals surface area contributed by atoms with Gasteiger partial charge >= 0.3 is 0 Å². The summed E-state index contributed by atoms with van der Waals surface area (Å²) in [6, 6.07) is 9.76. The van der Waals surface area contributed by atoms with Crippen LogP contribution in [-0.4, -0.2) is 19.7 Å². The monoisotopic (exact) mass is 330 g/mol. The minimum absolute atomic E-state index is 0.194. The van der Waals surface area contributed by atoms with Crippen molar-refractivity contribution in [3.8, 4) is 17.1 Å². The Labute approximate surface area is 123 Å². The minimum Gasteiger partial charge on any atom is -0.305 e. The van der Waals surface area contributed by atoms with E-state index in [1.807, 2.05) is 36.5 Å². The van der Waals surface area contributed by atoms with Gasteiger partial charge in [-0.3, -0.25) is 4.79 Å². The van der Waals surface area contributed by atoms with Crippen LogP contribution in [-0.2, 0) is 0 Å². The predicted molar refractivity (Wildman–Crippen MR) is 79.9 cm³/mol. The first-order valence-corrected chi connectivity index (χ1v) is 6.81. The van der Waals surface area contributed by atoms with Crippen LogP contribution in [0.2, 0.25) is 0 Å². The maximum atomic E-state index is 11.7. The first-order valence-electron chi connectivity index (χ1n) is 6.02. The van der Waals surface area contributed by atoms with E-state index >= 15 is 0 Å². The molecule has 6 heteroatoms. The van der Waals surface area contributed by atoms with Gasteiger partial charge in [0.25, 0.3) is 5.56 Å². The molecule has 0 saturated heterocycles. The van der Waals surface area contributed by atoms with Crippen molar-refractivity contribution in [1.82, 2.24) is 19.7 Å². The average Bonchev–Trinajstić information content (AvgIpc) is 2.95. The summed E-state index contributed by atoms with van der Waals surface area (Å²) in [5, 5.41) is 4.29. The number of nitrogens with one attached hydrogen (secondary N) is 1. The Bertz CT molecular complexity index is 808. The van der Waals surface area contributed by atoms with Crippen molar-refractivity contribution in [2.45, 2.75) is 6.92 Å². The molecule has 0 atom stereocenters. The third-order valence-electron chi connectivity index (χ3n) is 2.91. The van der Waals surface area contributed by atoms with Crippen molar-refractivity contribution in [3.05, 3.63) is 63.2 Å². The first kappa shape index (κ1) is 12.8. The lowest BCUT2D eigenvalue weighted by Gasteiger charge is -2.01. The van der Waals surface area contributed by atoms with Gasteiger partial charge in [0, 0.05) is 6.20 Å². The van der Waals surface area contributed by atoms with Crippen LogP contribution in [0.15, 0.2) is 52.0 Å². The van der Waals surface area contributed by atoms with Gasteiger partial charge in [0.15, 0.2) is 0 Å². The Kier molecular flexibility index (Phi) is 3.23. The Hall–Kier alpha value is -2.21. The largest absolute Gasteiger partial charge is 0.305 e. The summed E-state index contributed by atoms with van der Waals surface area (Å²) in [6.07, 6.45) is 3.51. The molecule has 20 heavy (non-hydrogen) atoms. The summed E-state index contributed by atoms with van der Waals surface area (Å²) in [5.41, 5.74) is 2.17. The smallest absolute Gasteiger partial charge is 0.265 e. The van der Waals surface area contributed by atoms with Crippen molar-refractivity contribution in [3.63, 3.8) is 0 Å². The highest BCUT2D eigenvalue weighted by molar-refractivity contribution is 9.10. The van der Waals surface area contributed by atoms with Crippen LogP contribution >= 0.6 is 15.9 Å². The number of rotatable bonds is 2. The van der Waals surface area contributed by atoms with E-state index in [9.17, 15) is 4.79 Å². The van der Waals surface area contributed by atoms with E-state index in [-0.39, 0.29) is 5.56 Å². The van der Waals surface area contributed by atoms with Gasteiger partial charge in [-0.2, -0.15) is 5.10 Å². The standard InChI is InChI=1S/C14H11BrN4O/c1-9-12(15)14(20)18-13(17-9)10-7-16-19(8-10)11-5-3-2-4-6-11/h2-8H,1H3,(H,17,18,20). The fraction of sp³-hybridized carbons (Fsp3) is 0.0714. The van der Waals surface area contributed by atoms with Crippen molar-refractivity contribution < 1.29 is 0 Å². The Morgan fingerprint density at radius 3 is 2.70 bits per heavy atom. The molecule has 3 rings (SSSR count). The molecular weight excluding hydrogens is 320 g/mol. The molecular formula is C14H11BrN4O. The predicted octanol–water partition coefficient (Wildman–Crippen LogP) is 2.69. The van der Waals surface area contributed by atoms with Crippen LogP contribution in [0.1, 0.15) is 5.69 Å². The van der Waals surface area contributed by atoms with Crippen molar-refractivity contribution in [1.29, 1.82) is 0 Å². The normalized spacial score (nSPS) is 10.7. The zero-order valence-electron chi connectivity index (χ0n) is 10.7. The van der Waals surface area contributed by atoms with Crippen LogP contribution in [0.25, 0.3) is 17.1 Å². The van der Waals surface area contributed by atoms with Crippen molar-refractivity contribution in [2.75, 3.05) is 0 Å². The van der Waals surface area contributed by atoms with Crippen LogP contribution in [0, 0.1) is 6.92 Å². The van der Waals surface area contributed by atoms with Gasteiger partial charge in [0.05, 0.1) is 23.1 Å². The number of H-pyrrole nitrogens is 1. The Morgan fingerprint density at radius 2 is 2.00 bits per heavy atom. The lowest BCUT2D eigenvalue weighted by atomic mass is 10.3. The van der Waals surface area contributed by atoms with Gasteiger partial charge in [0.1, 0.15) is 10.3 Å². The number of benzene rings is 1. The molecule has 2 heterocycles. The molecule has 5 nitrogen and oxygen atoms in total. The Morgan fingerprint density at radius 1 is 1.25 bits per heavy atom. The van der Waals surface area contributed by atoms with Gasteiger partial charge in [0.2, 0.25) is 0 Å². The van der Waals surface area contributed by atoms with Crippen molar-refractivity contribution >= 4 is 15.9 Å². The molecule has 3 aromatic rings. The fourth-order valence-corrected chi connectivity index (χ4v) is 2.06. The van der Waals surface area contributed by atoms with E-state index in [2.05, 4.69) is 31.0 Å². The van der Waals surface area contributed by atoms with Gasteiger partial charge in [-0.1, -0.05) is 18.2 Å². The summed E-state index contributed by atoms with van der Waals surface area (Å²) < 4.78 is 2.20. The number of hydrogen-bond acceptors (Lipinski definition) is 3. The second-order valence-corrected chi connectivity index (χ2v) is 5.12. The summed E-state index contributed by atoms with van der Waals surface area (Å²) in [7, 11) is 0. The van der Waals surface area contributed by atoms with Crippen LogP contribution in [0.3, 0.4) is 0 Å². The number of aryl methyl sites for hydroxylation is 1. The number of nitrogens with zero attached hydrogens (tertiary/aromatic N) is 3. The summed E-state index contributed by atoms with van der Waals surface area (Å²) in [5.74, 6) is 0.512.